The zero-order chi connectivity index (χ0) is 7.49. The van der Waals surface area contributed by atoms with E-state index < -0.39 is 0 Å². The van der Waals surface area contributed by atoms with Gasteiger partial charge in [-0.1, -0.05) is 33.0 Å². The minimum absolute atomic E-state index is 0.00530. The number of hydroxylamine groups is 1. The molecule has 0 bridgehead atoms. The van der Waals surface area contributed by atoms with Gasteiger partial charge in [-0.3, -0.25) is 10.3 Å². The van der Waals surface area contributed by atoms with Gasteiger partial charge in [0.15, 0.2) is 0 Å². The van der Waals surface area contributed by atoms with E-state index in [0.717, 1.165) is 4.99 Å². The smallest absolute Gasteiger partial charge is 0.106 e. The molecule has 0 atom stereocenters. The summed E-state index contributed by atoms with van der Waals surface area (Å²) in [6, 6.07) is 0. The van der Waals surface area contributed by atoms with E-state index in [4.69, 9.17) is 12.2 Å². The molecule has 0 aliphatic heterocycles. The Balaban J connectivity index is 3.74. The molecule has 0 aromatic carbocycles. The summed E-state index contributed by atoms with van der Waals surface area (Å²) in [5.74, 6) is 0. The van der Waals surface area contributed by atoms with E-state index in [0.29, 0.717) is 0 Å². The molecule has 0 saturated heterocycles. The van der Waals surface area contributed by atoms with Crippen LogP contribution in [0.3, 0.4) is 0 Å². The minimum atomic E-state index is 0.00530. The van der Waals surface area contributed by atoms with Crippen LogP contribution in [0.1, 0.15) is 20.8 Å². The fourth-order valence-electron chi connectivity index (χ4n) is 0.246. The first-order chi connectivity index (χ1) is 3.98. The van der Waals surface area contributed by atoms with Crippen molar-refractivity contribution in [1.82, 2.24) is 5.48 Å². The molecule has 0 aromatic rings. The van der Waals surface area contributed by atoms with Crippen molar-refractivity contribution in [3.05, 3.63) is 0 Å². The Morgan fingerprint density at radius 3 is 2.00 bits per heavy atom. The minimum Gasteiger partial charge on any atom is -0.279 e. The molecule has 54 valence electrons. The van der Waals surface area contributed by atoms with Crippen LogP contribution < -0.4 is 5.48 Å². The Morgan fingerprint density at radius 2 is 1.89 bits per heavy atom. The van der Waals surface area contributed by atoms with Gasteiger partial charge in [0.05, 0.1) is 7.11 Å². The first-order valence-electron chi connectivity index (χ1n) is 2.82. The maximum absolute atomic E-state index is 4.95. The van der Waals surface area contributed by atoms with Crippen molar-refractivity contribution in [3.63, 3.8) is 0 Å². The molecule has 0 fully saturated rings. The molecule has 0 rings (SSSR count). The van der Waals surface area contributed by atoms with E-state index in [1.165, 1.54) is 0 Å². The normalized spacial score (nSPS) is 11.1. The van der Waals surface area contributed by atoms with Gasteiger partial charge in [0, 0.05) is 5.41 Å². The molecule has 2 nitrogen and oxygen atoms in total. The predicted molar refractivity (Wildman–Crippen MR) is 42.2 cm³/mol. The maximum atomic E-state index is 4.95. The summed E-state index contributed by atoms with van der Waals surface area (Å²) >= 11 is 4.95. The molecule has 0 aromatic heterocycles. The molecule has 0 saturated carbocycles. The number of hydrogen-bond donors (Lipinski definition) is 1. The molecular formula is C6H13NOS. The standard InChI is InChI=1S/C6H13NOS/c1-6(2,3)5(9)7-8-4/h1-4H3,(H,7,9). The molecule has 0 heterocycles. The van der Waals surface area contributed by atoms with Crippen LogP contribution in [-0.4, -0.2) is 12.1 Å². The van der Waals surface area contributed by atoms with E-state index in [1.54, 1.807) is 7.11 Å². The lowest BCUT2D eigenvalue weighted by atomic mass is 9.97. The highest BCUT2D eigenvalue weighted by Gasteiger charge is 2.15. The summed E-state index contributed by atoms with van der Waals surface area (Å²) in [4.78, 5) is 5.37. The highest BCUT2D eigenvalue weighted by atomic mass is 32.1. The summed E-state index contributed by atoms with van der Waals surface area (Å²) in [6.45, 7) is 6.09. The van der Waals surface area contributed by atoms with Crippen LogP contribution in [0.5, 0.6) is 0 Å². The Hall–Kier alpha value is -0.150. The Labute approximate surface area is 61.5 Å². The van der Waals surface area contributed by atoms with E-state index in [2.05, 4.69) is 10.3 Å². The SMILES string of the molecule is CONC(=S)C(C)(C)C. The van der Waals surface area contributed by atoms with Crippen LogP contribution in [0.4, 0.5) is 0 Å². The van der Waals surface area contributed by atoms with Crippen LogP contribution in [0.2, 0.25) is 0 Å². The van der Waals surface area contributed by atoms with Gasteiger partial charge in [0.25, 0.3) is 0 Å². The van der Waals surface area contributed by atoms with Crippen molar-refractivity contribution in [1.29, 1.82) is 0 Å². The van der Waals surface area contributed by atoms with Crippen molar-refractivity contribution in [2.24, 2.45) is 5.41 Å². The quantitative estimate of drug-likeness (QED) is 0.449. The highest BCUT2D eigenvalue weighted by molar-refractivity contribution is 7.80. The molecule has 9 heavy (non-hydrogen) atoms. The lowest BCUT2D eigenvalue weighted by Gasteiger charge is -2.19. The van der Waals surface area contributed by atoms with Crippen molar-refractivity contribution in [3.8, 4) is 0 Å². The average Bonchev–Trinajstić information content (AvgIpc) is 1.64. The zero-order valence-corrected chi connectivity index (χ0v) is 7.13. The van der Waals surface area contributed by atoms with Crippen molar-refractivity contribution in [2.45, 2.75) is 20.8 Å². The number of hydrogen-bond acceptors (Lipinski definition) is 2. The van der Waals surface area contributed by atoms with Crippen molar-refractivity contribution in [2.75, 3.05) is 7.11 Å². The summed E-state index contributed by atoms with van der Waals surface area (Å²) < 4.78 is 0. The third kappa shape index (κ3) is 3.43. The third-order valence-electron chi connectivity index (χ3n) is 0.876. The van der Waals surface area contributed by atoms with Crippen LogP contribution in [0, 0.1) is 5.41 Å². The topological polar surface area (TPSA) is 21.3 Å². The molecule has 0 radical (unpaired) electrons. The van der Waals surface area contributed by atoms with Gasteiger partial charge in [0.2, 0.25) is 0 Å². The van der Waals surface area contributed by atoms with Gasteiger partial charge in [-0.2, -0.15) is 0 Å². The number of rotatable bonds is 1. The molecule has 1 N–H and O–H groups in total. The molecule has 0 aliphatic rings. The predicted octanol–water partition coefficient (Wildman–Crippen LogP) is 1.51. The summed E-state index contributed by atoms with van der Waals surface area (Å²) in [5, 5.41) is 0. The number of nitrogens with one attached hydrogen (secondary N) is 1. The fourth-order valence-corrected chi connectivity index (χ4v) is 0.329. The molecule has 0 aliphatic carbocycles. The average molecular weight is 147 g/mol. The first-order valence-corrected chi connectivity index (χ1v) is 3.22. The molecule has 0 spiro atoms. The lowest BCUT2D eigenvalue weighted by molar-refractivity contribution is 0.139. The zero-order valence-electron chi connectivity index (χ0n) is 6.32. The molecule has 0 amide bonds. The molecule has 3 heteroatoms. The Kier molecular flexibility index (Phi) is 3.08. The van der Waals surface area contributed by atoms with Crippen LogP contribution in [-0.2, 0) is 4.84 Å². The van der Waals surface area contributed by atoms with Crippen LogP contribution in [0.15, 0.2) is 0 Å². The lowest BCUT2D eigenvalue weighted by Crippen LogP contribution is -2.32. The molecular weight excluding hydrogens is 134 g/mol. The van der Waals surface area contributed by atoms with Gasteiger partial charge in [-0.15, -0.1) is 0 Å². The fraction of sp³-hybridized carbons (Fsp3) is 0.833. The van der Waals surface area contributed by atoms with Crippen molar-refractivity contribution >= 4 is 17.2 Å². The Morgan fingerprint density at radius 1 is 1.44 bits per heavy atom. The summed E-state index contributed by atoms with van der Waals surface area (Å²) in [5.41, 5.74) is 2.62. The van der Waals surface area contributed by atoms with Gasteiger partial charge in [0.1, 0.15) is 4.99 Å². The second-order valence-electron chi connectivity index (χ2n) is 2.89. The second-order valence-corrected chi connectivity index (χ2v) is 3.29. The van der Waals surface area contributed by atoms with E-state index in [1.807, 2.05) is 20.8 Å². The van der Waals surface area contributed by atoms with Crippen LogP contribution in [0.25, 0.3) is 0 Å². The highest BCUT2D eigenvalue weighted by Crippen LogP contribution is 2.13. The van der Waals surface area contributed by atoms with Gasteiger partial charge in [-0.05, 0) is 0 Å². The largest absolute Gasteiger partial charge is 0.279 e. The van der Waals surface area contributed by atoms with Crippen LogP contribution >= 0.6 is 12.2 Å². The van der Waals surface area contributed by atoms with E-state index >= 15 is 0 Å². The van der Waals surface area contributed by atoms with E-state index in [-0.39, 0.29) is 5.41 Å². The first kappa shape index (κ1) is 8.85. The summed E-state index contributed by atoms with van der Waals surface area (Å²) in [7, 11) is 1.55. The second kappa shape index (κ2) is 3.13. The third-order valence-corrected chi connectivity index (χ3v) is 1.57. The molecule has 0 unspecified atom stereocenters. The van der Waals surface area contributed by atoms with E-state index in [9.17, 15) is 0 Å². The number of thiocarbonyl (C=S) groups is 1. The Bertz CT molecular complexity index is 106. The van der Waals surface area contributed by atoms with Gasteiger partial charge in [-0.25, -0.2) is 0 Å². The summed E-state index contributed by atoms with van der Waals surface area (Å²) in [6.07, 6.45) is 0. The monoisotopic (exact) mass is 147 g/mol. The van der Waals surface area contributed by atoms with Gasteiger partial charge < -0.3 is 0 Å². The van der Waals surface area contributed by atoms with Crippen molar-refractivity contribution < 1.29 is 4.84 Å². The maximum Gasteiger partial charge on any atom is 0.106 e. The van der Waals surface area contributed by atoms with Gasteiger partial charge >= 0.3 is 0 Å².